The van der Waals surface area contributed by atoms with Crippen LogP contribution in [-0.2, 0) is 0 Å². The second-order valence-corrected chi connectivity index (χ2v) is 8.50. The summed E-state index contributed by atoms with van der Waals surface area (Å²) >= 11 is 0. The summed E-state index contributed by atoms with van der Waals surface area (Å²) in [6.45, 7) is 6.84. The largest absolute Gasteiger partial charge is 0.389 e. The number of aryl methyl sites for hydroxylation is 1. The molecule has 0 atom stereocenters. The second kappa shape index (κ2) is 8.17. The van der Waals surface area contributed by atoms with Crippen LogP contribution in [0.25, 0.3) is 5.82 Å². The molecule has 0 amide bonds. The summed E-state index contributed by atoms with van der Waals surface area (Å²) in [5, 5.41) is 18.8. The number of hydrogen-bond donors (Lipinski definition) is 2. The Balaban J connectivity index is 1.37. The molecule has 7 heteroatoms. The molecule has 152 valence electrons. The Morgan fingerprint density at radius 3 is 2.57 bits per heavy atom. The van der Waals surface area contributed by atoms with Crippen LogP contribution < -0.4 is 5.32 Å². The van der Waals surface area contributed by atoms with Gasteiger partial charge >= 0.3 is 0 Å². The first-order valence-corrected chi connectivity index (χ1v) is 10.6. The Labute approximate surface area is 167 Å². The first-order valence-electron chi connectivity index (χ1n) is 10.6. The number of nitrogens with zero attached hydrogens (tertiary/aromatic N) is 5. The molecule has 1 aliphatic heterocycles. The van der Waals surface area contributed by atoms with Crippen molar-refractivity contribution in [3.05, 3.63) is 29.8 Å². The maximum atomic E-state index is 10.8. The van der Waals surface area contributed by atoms with E-state index in [2.05, 4.69) is 25.3 Å². The lowest BCUT2D eigenvalue weighted by atomic mass is 9.84. The smallest absolute Gasteiger partial charge is 0.162 e. The molecule has 1 saturated heterocycles. The van der Waals surface area contributed by atoms with Crippen molar-refractivity contribution < 1.29 is 5.11 Å². The molecule has 28 heavy (non-hydrogen) atoms. The van der Waals surface area contributed by atoms with Crippen molar-refractivity contribution in [3.63, 3.8) is 0 Å². The van der Waals surface area contributed by atoms with E-state index in [0.717, 1.165) is 68.3 Å². The summed E-state index contributed by atoms with van der Waals surface area (Å²) < 4.78 is 1.79. The minimum absolute atomic E-state index is 0.399. The number of β-amino-alcohol motifs (C(OH)–C–C–N with tert-alkyl or cyclic N) is 1. The molecule has 0 radical (unpaired) electrons. The van der Waals surface area contributed by atoms with E-state index < -0.39 is 5.60 Å². The number of hydrogen-bond acceptors (Lipinski definition) is 6. The monoisotopic (exact) mass is 384 g/mol. The first kappa shape index (κ1) is 19.3. The van der Waals surface area contributed by atoms with Crippen molar-refractivity contribution >= 4 is 5.82 Å². The maximum Gasteiger partial charge on any atom is 0.162 e. The lowest BCUT2D eigenvalue weighted by molar-refractivity contribution is -0.0302. The van der Waals surface area contributed by atoms with Gasteiger partial charge in [0.05, 0.1) is 5.60 Å². The van der Waals surface area contributed by atoms with Gasteiger partial charge in [0.15, 0.2) is 5.82 Å². The predicted molar refractivity (Wildman–Crippen MR) is 110 cm³/mol. The third-order valence-corrected chi connectivity index (χ3v) is 6.18. The maximum absolute atomic E-state index is 10.8. The van der Waals surface area contributed by atoms with Gasteiger partial charge in [-0.2, -0.15) is 5.10 Å². The highest BCUT2D eigenvalue weighted by Crippen LogP contribution is 2.30. The lowest BCUT2D eigenvalue weighted by Crippen LogP contribution is -2.48. The van der Waals surface area contributed by atoms with Crippen molar-refractivity contribution in [3.8, 4) is 5.82 Å². The molecular formula is C21H32N6O. The van der Waals surface area contributed by atoms with Gasteiger partial charge in [-0.1, -0.05) is 19.3 Å². The van der Waals surface area contributed by atoms with E-state index in [0.29, 0.717) is 6.04 Å². The number of anilines is 1. The molecule has 2 N–H and O–H groups in total. The highest BCUT2D eigenvalue weighted by Gasteiger charge is 2.32. The average Bonchev–Trinajstić information content (AvgIpc) is 3.21. The predicted octanol–water partition coefficient (Wildman–Crippen LogP) is 2.85. The fraction of sp³-hybridized carbons (Fsp3) is 0.667. The van der Waals surface area contributed by atoms with Crippen LogP contribution in [0.3, 0.4) is 0 Å². The summed E-state index contributed by atoms with van der Waals surface area (Å²) in [5.41, 5.74) is 0.561. The third-order valence-electron chi connectivity index (χ3n) is 6.18. The lowest BCUT2D eigenvalue weighted by Gasteiger charge is -2.40. The zero-order chi connectivity index (χ0) is 19.6. The third kappa shape index (κ3) is 4.36. The molecule has 2 fully saturated rings. The number of nitrogens with one attached hydrogen (secondary N) is 1. The fourth-order valence-corrected chi connectivity index (χ4v) is 4.58. The van der Waals surface area contributed by atoms with E-state index in [4.69, 9.17) is 0 Å². The second-order valence-electron chi connectivity index (χ2n) is 8.50. The highest BCUT2D eigenvalue weighted by molar-refractivity contribution is 5.52. The van der Waals surface area contributed by atoms with Crippen molar-refractivity contribution in [1.29, 1.82) is 0 Å². The Morgan fingerprint density at radius 1 is 1.14 bits per heavy atom. The molecule has 2 aromatic rings. The Morgan fingerprint density at radius 2 is 1.89 bits per heavy atom. The molecular weight excluding hydrogens is 352 g/mol. The zero-order valence-corrected chi connectivity index (χ0v) is 17.1. The van der Waals surface area contributed by atoms with Crippen molar-refractivity contribution in [2.45, 2.75) is 70.4 Å². The van der Waals surface area contributed by atoms with Gasteiger partial charge in [-0.05, 0) is 45.6 Å². The van der Waals surface area contributed by atoms with Crippen LogP contribution in [0.2, 0.25) is 0 Å². The van der Waals surface area contributed by atoms with Gasteiger partial charge in [0.1, 0.15) is 11.6 Å². The molecule has 1 aliphatic carbocycles. The van der Waals surface area contributed by atoms with Crippen molar-refractivity contribution in [2.24, 2.45) is 0 Å². The molecule has 2 aliphatic rings. The Bertz CT molecular complexity index is 776. The van der Waals surface area contributed by atoms with E-state index in [-0.39, 0.29) is 0 Å². The van der Waals surface area contributed by atoms with Gasteiger partial charge in [-0.25, -0.2) is 14.6 Å². The highest BCUT2D eigenvalue weighted by atomic mass is 16.3. The molecule has 1 saturated carbocycles. The van der Waals surface area contributed by atoms with Gasteiger partial charge in [0, 0.05) is 43.6 Å². The fourth-order valence-electron chi connectivity index (χ4n) is 4.58. The van der Waals surface area contributed by atoms with Crippen LogP contribution in [0.5, 0.6) is 0 Å². The van der Waals surface area contributed by atoms with Gasteiger partial charge < -0.3 is 15.3 Å². The summed E-state index contributed by atoms with van der Waals surface area (Å²) in [5.74, 6) is 2.48. The van der Waals surface area contributed by atoms with Crippen molar-refractivity contribution in [2.75, 3.05) is 25.0 Å². The van der Waals surface area contributed by atoms with E-state index >= 15 is 0 Å². The quantitative estimate of drug-likeness (QED) is 0.825. The van der Waals surface area contributed by atoms with Crippen LogP contribution in [-0.4, -0.2) is 61.0 Å². The average molecular weight is 385 g/mol. The zero-order valence-electron chi connectivity index (χ0n) is 17.1. The number of rotatable bonds is 5. The van der Waals surface area contributed by atoms with Crippen LogP contribution in [0.1, 0.15) is 56.3 Å². The normalized spacial score (nSPS) is 21.0. The molecule has 4 rings (SSSR count). The van der Waals surface area contributed by atoms with E-state index in [1.807, 2.05) is 26.1 Å². The molecule has 0 spiro atoms. The van der Waals surface area contributed by atoms with Crippen LogP contribution in [0.4, 0.5) is 5.82 Å². The van der Waals surface area contributed by atoms with E-state index in [1.54, 1.807) is 10.9 Å². The number of aliphatic hydroxyl groups is 1. The van der Waals surface area contributed by atoms with Gasteiger partial charge in [0.2, 0.25) is 0 Å². The van der Waals surface area contributed by atoms with Gasteiger partial charge in [-0.3, -0.25) is 0 Å². The number of piperidine rings is 1. The summed E-state index contributed by atoms with van der Waals surface area (Å²) in [7, 11) is 0. The SMILES string of the molecule is Cc1nc(NC2CCN(CC3(O)CCCCC3)CC2)c(C)c(-n2cccn2)n1. The van der Waals surface area contributed by atoms with Crippen LogP contribution in [0.15, 0.2) is 18.5 Å². The number of aromatic nitrogens is 4. The molecule has 0 unspecified atom stereocenters. The topological polar surface area (TPSA) is 79.1 Å². The minimum Gasteiger partial charge on any atom is -0.389 e. The summed E-state index contributed by atoms with van der Waals surface area (Å²) in [4.78, 5) is 11.7. The summed E-state index contributed by atoms with van der Waals surface area (Å²) in [6.07, 6.45) is 11.3. The van der Waals surface area contributed by atoms with Crippen LogP contribution >= 0.6 is 0 Å². The van der Waals surface area contributed by atoms with Crippen LogP contribution in [0, 0.1) is 13.8 Å². The molecule has 2 aromatic heterocycles. The molecule has 7 nitrogen and oxygen atoms in total. The Kier molecular flexibility index (Phi) is 5.64. The standard InChI is InChI=1S/C21H32N6O/c1-16-19(23-17(2)24-20(16)27-12-6-11-22-27)25-18-7-13-26(14-8-18)15-21(28)9-4-3-5-10-21/h6,11-12,18,28H,3-5,7-10,13-15H2,1-2H3,(H,23,24,25). The van der Waals surface area contributed by atoms with Gasteiger partial charge in [0.25, 0.3) is 0 Å². The number of likely N-dealkylation sites (tertiary alicyclic amines) is 1. The van der Waals surface area contributed by atoms with E-state index in [1.165, 1.54) is 19.3 Å². The van der Waals surface area contributed by atoms with E-state index in [9.17, 15) is 5.11 Å². The molecule has 0 bridgehead atoms. The summed E-state index contributed by atoms with van der Waals surface area (Å²) in [6, 6.07) is 2.30. The molecule has 0 aromatic carbocycles. The first-order chi connectivity index (χ1) is 13.5. The molecule has 3 heterocycles. The Hall–Kier alpha value is -1.99. The van der Waals surface area contributed by atoms with Crippen molar-refractivity contribution in [1.82, 2.24) is 24.6 Å². The minimum atomic E-state index is -0.461. The van der Waals surface area contributed by atoms with Gasteiger partial charge in [-0.15, -0.1) is 0 Å².